The van der Waals surface area contributed by atoms with E-state index in [0.717, 1.165) is 24.1 Å². The quantitative estimate of drug-likeness (QED) is 0.386. The van der Waals surface area contributed by atoms with E-state index in [1.165, 1.54) is 30.3 Å². The minimum atomic E-state index is -0.252. The summed E-state index contributed by atoms with van der Waals surface area (Å²) in [4.78, 5) is 17.1. The first-order valence-corrected chi connectivity index (χ1v) is 10.0. The number of aryl methyl sites for hydroxylation is 2. The molecule has 0 atom stereocenters. The topological polar surface area (TPSA) is 117 Å². The molecule has 30 heavy (non-hydrogen) atoms. The van der Waals surface area contributed by atoms with Crippen LogP contribution >= 0.6 is 0 Å². The van der Waals surface area contributed by atoms with Gasteiger partial charge in [-0.1, -0.05) is 0 Å². The van der Waals surface area contributed by atoms with E-state index in [9.17, 15) is 9.90 Å². The minimum absolute atomic E-state index is 0.00607. The summed E-state index contributed by atoms with van der Waals surface area (Å²) in [6.45, 7) is 2.02. The summed E-state index contributed by atoms with van der Waals surface area (Å²) in [6, 6.07) is 10.4. The number of hydrogen-bond acceptors (Lipinski definition) is 4. The predicted octanol–water partition coefficient (Wildman–Crippen LogP) is 3.23. The number of anilines is 1. The molecule has 3 aromatic rings. The van der Waals surface area contributed by atoms with Gasteiger partial charge >= 0.3 is 0 Å². The fraction of sp³-hybridized carbons (Fsp3) is 0.261. The minimum Gasteiger partial charge on any atom is -0.508 e. The van der Waals surface area contributed by atoms with Crippen molar-refractivity contribution in [3.05, 3.63) is 70.8 Å². The van der Waals surface area contributed by atoms with E-state index in [1.54, 1.807) is 12.1 Å². The molecule has 2 aromatic carbocycles. The molecule has 0 unspecified atom stereocenters. The number of nitrogen functional groups attached to an aromatic ring is 1. The van der Waals surface area contributed by atoms with E-state index in [-0.39, 0.29) is 23.9 Å². The molecule has 7 nitrogen and oxygen atoms in total. The predicted molar refractivity (Wildman–Crippen MR) is 116 cm³/mol. The second-order valence-corrected chi connectivity index (χ2v) is 7.70. The van der Waals surface area contributed by atoms with Gasteiger partial charge in [-0.3, -0.25) is 10.2 Å². The third-order valence-electron chi connectivity index (χ3n) is 5.51. The zero-order valence-corrected chi connectivity index (χ0v) is 16.9. The summed E-state index contributed by atoms with van der Waals surface area (Å²) in [5.41, 5.74) is 11.7. The largest absolute Gasteiger partial charge is 0.508 e. The highest BCUT2D eigenvalue weighted by Crippen LogP contribution is 2.26. The van der Waals surface area contributed by atoms with E-state index >= 15 is 0 Å². The number of aromatic nitrogens is 2. The summed E-state index contributed by atoms with van der Waals surface area (Å²) >= 11 is 0. The van der Waals surface area contributed by atoms with Crippen LogP contribution in [-0.2, 0) is 24.1 Å². The number of carbonyl (C=O) groups excluding carboxylic acids is 1. The molecule has 7 heteroatoms. The number of nitrogens with zero attached hydrogens (tertiary/aromatic N) is 2. The molecule has 0 saturated carbocycles. The molecule has 0 aliphatic heterocycles. The Labute approximate surface area is 175 Å². The smallest absolute Gasteiger partial charge is 0.228 e. The first-order valence-electron chi connectivity index (χ1n) is 10.0. The zero-order chi connectivity index (χ0) is 21.3. The van der Waals surface area contributed by atoms with Gasteiger partial charge in [-0.05, 0) is 74.6 Å². The zero-order valence-electron chi connectivity index (χ0n) is 16.9. The molecule has 154 valence electrons. The van der Waals surface area contributed by atoms with Crippen LogP contribution in [0, 0.1) is 12.3 Å². The molecule has 0 saturated heterocycles. The Balaban J connectivity index is 1.50. The third-order valence-corrected chi connectivity index (χ3v) is 5.51. The third kappa shape index (κ3) is 3.91. The highest BCUT2D eigenvalue weighted by atomic mass is 16.3. The number of carbonyl (C=O) groups is 1. The number of rotatable bonds is 5. The number of nitrogens with one attached hydrogen (secondary N) is 2. The SMILES string of the molecule is Cc1cc(NC(=O)Cc2cc(C(=N)N)ccc2O)ccc1-n1cnc2c1CCCC2. The number of phenolic OH excluding ortho intramolecular Hbond substituents is 1. The lowest BCUT2D eigenvalue weighted by molar-refractivity contribution is -0.115. The maximum Gasteiger partial charge on any atom is 0.228 e. The van der Waals surface area contributed by atoms with Crippen LogP contribution in [-0.4, -0.2) is 26.4 Å². The lowest BCUT2D eigenvalue weighted by Gasteiger charge is -2.16. The first-order chi connectivity index (χ1) is 14.4. The maximum absolute atomic E-state index is 12.5. The first kappa shape index (κ1) is 19.7. The lowest BCUT2D eigenvalue weighted by Crippen LogP contribution is -2.16. The average molecular weight is 403 g/mol. The van der Waals surface area contributed by atoms with Crippen molar-refractivity contribution in [2.24, 2.45) is 5.73 Å². The van der Waals surface area contributed by atoms with Gasteiger partial charge in [0.2, 0.25) is 5.91 Å². The number of imidazole rings is 1. The Morgan fingerprint density at radius 3 is 2.80 bits per heavy atom. The van der Waals surface area contributed by atoms with E-state index in [2.05, 4.69) is 14.9 Å². The van der Waals surface area contributed by atoms with E-state index in [0.29, 0.717) is 16.8 Å². The van der Waals surface area contributed by atoms with Gasteiger partial charge in [0, 0.05) is 28.2 Å². The van der Waals surface area contributed by atoms with Crippen molar-refractivity contribution >= 4 is 17.4 Å². The van der Waals surface area contributed by atoms with Crippen molar-refractivity contribution in [2.45, 2.75) is 39.0 Å². The second-order valence-electron chi connectivity index (χ2n) is 7.70. The Bertz CT molecular complexity index is 1130. The van der Waals surface area contributed by atoms with Crippen LogP contribution in [0.1, 0.15) is 40.9 Å². The number of aromatic hydroxyl groups is 1. The fourth-order valence-electron chi connectivity index (χ4n) is 3.95. The Morgan fingerprint density at radius 2 is 2.03 bits per heavy atom. The number of amidine groups is 1. The van der Waals surface area contributed by atoms with Gasteiger partial charge in [-0.25, -0.2) is 4.98 Å². The normalized spacial score (nSPS) is 13.0. The molecule has 4 rings (SSSR count). The summed E-state index contributed by atoms with van der Waals surface area (Å²) in [7, 11) is 0. The number of phenols is 1. The standard InChI is InChI=1S/C23H25N5O2/c1-14-10-17(7-8-19(14)28-13-26-18-4-2-3-5-20(18)28)27-22(30)12-16-11-15(23(24)25)6-9-21(16)29/h6-11,13,29H,2-5,12H2,1H3,(H3,24,25)(H,27,30). The molecule has 1 heterocycles. The summed E-state index contributed by atoms with van der Waals surface area (Å²) in [5, 5.41) is 20.4. The molecule has 0 spiro atoms. The van der Waals surface area contributed by atoms with Gasteiger partial charge in [0.05, 0.1) is 18.4 Å². The molecular weight excluding hydrogens is 378 g/mol. The van der Waals surface area contributed by atoms with Crippen LogP contribution in [0.2, 0.25) is 0 Å². The van der Waals surface area contributed by atoms with E-state index in [1.807, 2.05) is 31.5 Å². The van der Waals surface area contributed by atoms with Crippen molar-refractivity contribution in [1.82, 2.24) is 9.55 Å². The average Bonchev–Trinajstić information content (AvgIpc) is 3.13. The molecule has 1 aromatic heterocycles. The number of amides is 1. The summed E-state index contributed by atoms with van der Waals surface area (Å²) in [6.07, 6.45) is 6.33. The summed E-state index contributed by atoms with van der Waals surface area (Å²) in [5.74, 6) is -0.353. The Kier molecular flexibility index (Phi) is 5.27. The van der Waals surface area contributed by atoms with Crippen molar-refractivity contribution in [3.8, 4) is 11.4 Å². The van der Waals surface area contributed by atoms with Crippen molar-refractivity contribution in [3.63, 3.8) is 0 Å². The molecule has 5 N–H and O–H groups in total. The molecule has 0 fully saturated rings. The van der Waals surface area contributed by atoms with Crippen molar-refractivity contribution < 1.29 is 9.90 Å². The highest BCUT2D eigenvalue weighted by molar-refractivity contribution is 5.96. The van der Waals surface area contributed by atoms with Gasteiger partial charge < -0.3 is 20.7 Å². The van der Waals surface area contributed by atoms with Crippen LogP contribution in [0.4, 0.5) is 5.69 Å². The number of hydrogen-bond donors (Lipinski definition) is 4. The van der Waals surface area contributed by atoms with Crippen LogP contribution in [0.25, 0.3) is 5.69 Å². The van der Waals surface area contributed by atoms with Gasteiger partial charge in [0.1, 0.15) is 11.6 Å². The summed E-state index contributed by atoms with van der Waals surface area (Å²) < 4.78 is 2.15. The molecule has 1 aliphatic carbocycles. The highest BCUT2D eigenvalue weighted by Gasteiger charge is 2.17. The molecule has 1 amide bonds. The van der Waals surface area contributed by atoms with Gasteiger partial charge in [0.25, 0.3) is 0 Å². The monoisotopic (exact) mass is 403 g/mol. The van der Waals surface area contributed by atoms with Crippen LogP contribution < -0.4 is 11.1 Å². The van der Waals surface area contributed by atoms with Crippen molar-refractivity contribution in [2.75, 3.05) is 5.32 Å². The molecular formula is C23H25N5O2. The van der Waals surface area contributed by atoms with Crippen LogP contribution in [0.15, 0.2) is 42.7 Å². The fourth-order valence-corrected chi connectivity index (χ4v) is 3.95. The Morgan fingerprint density at radius 1 is 1.23 bits per heavy atom. The van der Waals surface area contributed by atoms with E-state index in [4.69, 9.17) is 11.1 Å². The van der Waals surface area contributed by atoms with Crippen LogP contribution in [0.3, 0.4) is 0 Å². The van der Waals surface area contributed by atoms with Gasteiger partial charge in [-0.2, -0.15) is 0 Å². The number of fused-ring (bicyclic) bond motifs is 1. The molecule has 0 bridgehead atoms. The van der Waals surface area contributed by atoms with Crippen LogP contribution in [0.5, 0.6) is 5.75 Å². The Hall–Kier alpha value is -3.61. The molecule has 1 aliphatic rings. The second kappa shape index (κ2) is 8.02. The van der Waals surface area contributed by atoms with E-state index < -0.39 is 0 Å². The maximum atomic E-state index is 12.5. The number of benzene rings is 2. The van der Waals surface area contributed by atoms with Gasteiger partial charge in [0.15, 0.2) is 0 Å². The molecule has 0 radical (unpaired) electrons. The number of nitrogens with two attached hydrogens (primary N) is 1. The lowest BCUT2D eigenvalue weighted by atomic mass is 10.0. The van der Waals surface area contributed by atoms with Crippen molar-refractivity contribution in [1.29, 1.82) is 5.41 Å². The van der Waals surface area contributed by atoms with Gasteiger partial charge in [-0.15, -0.1) is 0 Å².